The number of benzene rings is 2. The Hall–Kier alpha value is -1.29. The van der Waals surface area contributed by atoms with Crippen LogP contribution in [0.3, 0.4) is 0 Å². The van der Waals surface area contributed by atoms with Crippen molar-refractivity contribution in [2.45, 2.75) is 6.18 Å². The van der Waals surface area contributed by atoms with Crippen LogP contribution in [-0.4, -0.2) is 0 Å². The Morgan fingerprint density at radius 2 is 1.45 bits per heavy atom. The van der Waals surface area contributed by atoms with Crippen LogP contribution < -0.4 is 0 Å². The molecule has 0 nitrogen and oxygen atoms in total. The van der Waals surface area contributed by atoms with Crippen molar-refractivity contribution in [2.75, 3.05) is 0 Å². The number of fused-ring (bicyclic) bond motifs is 1. The van der Waals surface area contributed by atoms with Gasteiger partial charge in [0, 0.05) is 25.8 Å². The molecule has 22 heavy (non-hydrogen) atoms. The Bertz CT molecular complexity index is 709. The normalized spacial score (nSPS) is 10.3. The summed E-state index contributed by atoms with van der Waals surface area (Å²) in [5.74, 6) is 0. The zero-order valence-electron chi connectivity index (χ0n) is 12.4. The molecule has 0 unspecified atom stereocenters. The van der Waals surface area contributed by atoms with E-state index in [-0.39, 0.29) is 40.7 Å². The van der Waals surface area contributed by atoms with E-state index < -0.39 is 11.7 Å². The third-order valence-corrected chi connectivity index (χ3v) is 3.20. The minimum absolute atomic E-state index is 0. The minimum atomic E-state index is -4.29. The van der Waals surface area contributed by atoms with E-state index in [1.165, 1.54) is 12.1 Å². The van der Waals surface area contributed by atoms with Gasteiger partial charge in [0.05, 0.1) is 5.56 Å². The maximum absolute atomic E-state index is 12.5. The summed E-state index contributed by atoms with van der Waals surface area (Å²) in [6, 6.07) is 17.0. The predicted octanol–water partition coefficient (Wildman–Crippen LogP) is 6.14. The first-order valence-corrected chi connectivity index (χ1v) is 5.88. The summed E-state index contributed by atoms with van der Waals surface area (Å²) in [5, 5.41) is 2.15. The van der Waals surface area contributed by atoms with Gasteiger partial charge in [0.25, 0.3) is 0 Å². The van der Waals surface area contributed by atoms with Crippen molar-refractivity contribution in [3.8, 4) is 11.1 Å². The average Bonchev–Trinajstić information content (AvgIpc) is 2.86. The van der Waals surface area contributed by atoms with Crippen LogP contribution in [0.25, 0.3) is 21.9 Å². The van der Waals surface area contributed by atoms with Crippen molar-refractivity contribution >= 4 is 10.8 Å². The molecule has 0 aliphatic rings. The van der Waals surface area contributed by atoms with Gasteiger partial charge in [0.2, 0.25) is 0 Å². The number of hydrogen-bond acceptors (Lipinski definition) is 0. The Morgan fingerprint density at radius 1 is 0.818 bits per heavy atom. The first-order valence-electron chi connectivity index (χ1n) is 5.88. The van der Waals surface area contributed by atoms with Gasteiger partial charge in [0.15, 0.2) is 0 Å². The first kappa shape index (κ1) is 20.7. The maximum atomic E-state index is 12.5. The van der Waals surface area contributed by atoms with Crippen LogP contribution in [0.15, 0.2) is 60.7 Å². The van der Waals surface area contributed by atoms with Crippen LogP contribution in [0, 0.1) is 14.9 Å². The van der Waals surface area contributed by atoms with Gasteiger partial charge in [-0.3, -0.25) is 0 Å². The summed E-state index contributed by atoms with van der Waals surface area (Å²) in [6.07, 6.45) is -4.29. The molecule has 3 aromatic carbocycles. The molecular weight excluding hydrogens is 452 g/mol. The van der Waals surface area contributed by atoms with E-state index in [0.717, 1.165) is 34.0 Å². The molecular formula is C18H16F3Hf-3. The summed E-state index contributed by atoms with van der Waals surface area (Å²) in [4.78, 5) is 0. The van der Waals surface area contributed by atoms with Gasteiger partial charge in [0.1, 0.15) is 0 Å². The molecule has 3 rings (SSSR count). The van der Waals surface area contributed by atoms with E-state index in [1.807, 2.05) is 36.4 Å². The van der Waals surface area contributed by atoms with Crippen LogP contribution in [0.1, 0.15) is 5.56 Å². The molecule has 0 N–H and O–H groups in total. The molecule has 0 aliphatic carbocycles. The third kappa shape index (κ3) is 3.92. The number of alkyl halides is 3. The second-order valence-electron chi connectivity index (χ2n) is 4.41. The van der Waals surface area contributed by atoms with E-state index in [9.17, 15) is 13.2 Å². The summed E-state index contributed by atoms with van der Waals surface area (Å²) in [5.41, 5.74) is 1.13. The maximum Gasteiger partial charge on any atom is 0.416 e. The largest absolute Gasteiger partial charge is 0.416 e. The van der Waals surface area contributed by atoms with Crippen molar-refractivity contribution in [1.29, 1.82) is 0 Å². The fraction of sp³-hybridized carbons (Fsp3) is 0.0556. The van der Waals surface area contributed by atoms with Gasteiger partial charge in [-0.15, -0.1) is 29.0 Å². The van der Waals surface area contributed by atoms with Gasteiger partial charge in [-0.1, -0.05) is 23.8 Å². The summed E-state index contributed by atoms with van der Waals surface area (Å²) in [6.45, 7) is 0. The Kier molecular flexibility index (Phi) is 7.36. The monoisotopic (exact) mass is 469 g/mol. The van der Waals surface area contributed by atoms with Crippen LogP contribution in [0.5, 0.6) is 0 Å². The molecule has 0 saturated carbocycles. The molecule has 0 aromatic heterocycles. The van der Waals surface area contributed by atoms with Crippen LogP contribution in [-0.2, 0) is 32.0 Å². The molecule has 0 heterocycles. The van der Waals surface area contributed by atoms with E-state index in [0.29, 0.717) is 0 Å². The van der Waals surface area contributed by atoms with Gasteiger partial charge < -0.3 is 14.9 Å². The fourth-order valence-electron chi connectivity index (χ4n) is 2.25. The smallest absolute Gasteiger partial charge is 0.358 e. The number of hydrogen-bond donors (Lipinski definition) is 0. The summed E-state index contributed by atoms with van der Waals surface area (Å²) >= 11 is 0. The van der Waals surface area contributed by atoms with Crippen molar-refractivity contribution in [2.24, 2.45) is 0 Å². The topological polar surface area (TPSA) is 0 Å². The van der Waals surface area contributed by atoms with Crippen molar-refractivity contribution in [1.82, 2.24) is 0 Å². The molecule has 116 valence electrons. The molecule has 3 aromatic rings. The second-order valence-corrected chi connectivity index (χ2v) is 4.41. The van der Waals surface area contributed by atoms with E-state index >= 15 is 0 Å². The van der Waals surface area contributed by atoms with E-state index in [4.69, 9.17) is 0 Å². The van der Waals surface area contributed by atoms with Gasteiger partial charge in [-0.05, 0) is 17.7 Å². The fourth-order valence-corrected chi connectivity index (χ4v) is 2.25. The standard InChI is InChI=1S/C16H10F3.2CH3.Hf/c17-16(18,19)13-9-7-12(8-10-13)15-6-2-4-11-3-1-5-14(11)15;;;/h1-10H;2*1H3;/q3*-1;. The molecule has 0 bridgehead atoms. The van der Waals surface area contributed by atoms with Crippen LogP contribution >= 0.6 is 0 Å². The third-order valence-electron chi connectivity index (χ3n) is 3.20. The number of rotatable bonds is 1. The molecule has 0 saturated heterocycles. The SMILES string of the molecule is FC(F)(F)c1ccc(-c2cccc3[cH-]ccc23)cc1.[CH3-].[CH3-].[Hf]. The summed E-state index contributed by atoms with van der Waals surface area (Å²) < 4.78 is 37.6. The quantitative estimate of drug-likeness (QED) is 0.298. The number of halogens is 3. The van der Waals surface area contributed by atoms with Gasteiger partial charge in [-0.2, -0.15) is 25.3 Å². The van der Waals surface area contributed by atoms with Crippen LogP contribution in [0.4, 0.5) is 13.2 Å². The Labute approximate surface area is 148 Å². The Morgan fingerprint density at radius 3 is 2.05 bits per heavy atom. The average molecular weight is 468 g/mol. The molecule has 0 spiro atoms. The summed E-state index contributed by atoms with van der Waals surface area (Å²) in [7, 11) is 0. The Balaban J connectivity index is 0.00000147. The zero-order chi connectivity index (χ0) is 13.5. The van der Waals surface area contributed by atoms with Crippen molar-refractivity contribution < 1.29 is 39.0 Å². The van der Waals surface area contributed by atoms with Gasteiger partial charge >= 0.3 is 6.18 Å². The zero-order valence-corrected chi connectivity index (χ0v) is 16.0. The van der Waals surface area contributed by atoms with E-state index in [2.05, 4.69) is 0 Å². The molecule has 4 heteroatoms. The minimum Gasteiger partial charge on any atom is -0.358 e. The van der Waals surface area contributed by atoms with Crippen molar-refractivity contribution in [3.05, 3.63) is 81.1 Å². The van der Waals surface area contributed by atoms with Gasteiger partial charge in [-0.25, -0.2) is 0 Å². The molecule has 0 amide bonds. The predicted molar refractivity (Wildman–Crippen MR) is 82.8 cm³/mol. The second kappa shape index (κ2) is 7.82. The first-order chi connectivity index (χ1) is 9.05. The molecule has 0 aliphatic heterocycles. The molecule has 0 radical (unpaired) electrons. The van der Waals surface area contributed by atoms with E-state index in [1.54, 1.807) is 0 Å². The van der Waals surface area contributed by atoms with Crippen LogP contribution in [0.2, 0.25) is 0 Å². The van der Waals surface area contributed by atoms with Crippen molar-refractivity contribution in [3.63, 3.8) is 0 Å². The molecule has 0 atom stereocenters. The molecule has 0 fully saturated rings.